The van der Waals surface area contributed by atoms with Crippen molar-refractivity contribution in [1.82, 2.24) is 0 Å². The van der Waals surface area contributed by atoms with Gasteiger partial charge in [-0.25, -0.2) is 18.6 Å². The number of benzene rings is 4. The third kappa shape index (κ3) is 4.79. The van der Waals surface area contributed by atoms with Crippen LogP contribution in [0, 0.1) is 0 Å². The lowest BCUT2D eigenvalue weighted by molar-refractivity contribution is -0.112. The van der Waals surface area contributed by atoms with E-state index in [2.05, 4.69) is 5.10 Å². The number of carbonyl (C=O) groups is 1. The standard InChI is InChI=1S/C26H20ClN5O3S2/c27-18-8-13-22-23(14-18)31(15-17-6-3-5-16-4-1-2-7-21(16)17)25(33)24(22)30-32(26(28)36)19-9-11-20(12-10-19)37(29,34)35/h1-14H,15H2,(H2,28,36)(H2,29,34,35)/b30-24-. The van der Waals surface area contributed by atoms with Crippen LogP contribution < -0.4 is 20.8 Å². The zero-order chi connectivity index (χ0) is 26.3. The van der Waals surface area contributed by atoms with Crippen LogP contribution in [0.2, 0.25) is 5.02 Å². The van der Waals surface area contributed by atoms with E-state index in [0.29, 0.717) is 28.5 Å². The van der Waals surface area contributed by atoms with Crippen LogP contribution in [-0.2, 0) is 21.4 Å². The van der Waals surface area contributed by atoms with Gasteiger partial charge in [0.2, 0.25) is 10.0 Å². The van der Waals surface area contributed by atoms with Gasteiger partial charge in [0.05, 0.1) is 22.8 Å². The molecule has 0 bridgehead atoms. The maximum absolute atomic E-state index is 13.7. The quantitative estimate of drug-likeness (QED) is 0.285. The van der Waals surface area contributed by atoms with Crippen molar-refractivity contribution in [3.8, 4) is 0 Å². The van der Waals surface area contributed by atoms with Crippen LogP contribution in [0.25, 0.3) is 10.8 Å². The molecule has 37 heavy (non-hydrogen) atoms. The maximum atomic E-state index is 13.7. The Morgan fingerprint density at radius 3 is 2.41 bits per heavy atom. The molecule has 1 heterocycles. The van der Waals surface area contributed by atoms with Crippen LogP contribution in [-0.4, -0.2) is 25.1 Å². The lowest BCUT2D eigenvalue weighted by atomic mass is 10.0. The van der Waals surface area contributed by atoms with E-state index in [0.717, 1.165) is 16.3 Å². The van der Waals surface area contributed by atoms with Crippen LogP contribution >= 0.6 is 23.8 Å². The molecule has 1 aliphatic heterocycles. The van der Waals surface area contributed by atoms with Gasteiger partial charge in [-0.1, -0.05) is 54.1 Å². The van der Waals surface area contributed by atoms with Crippen molar-refractivity contribution in [3.05, 3.63) is 101 Å². The second-order valence-corrected chi connectivity index (χ2v) is 10.7. The first-order valence-corrected chi connectivity index (χ1v) is 13.4. The zero-order valence-electron chi connectivity index (χ0n) is 19.2. The number of nitrogens with two attached hydrogens (primary N) is 2. The molecule has 4 aromatic carbocycles. The number of hydrazone groups is 1. The Labute approximate surface area is 223 Å². The Bertz CT molecular complexity index is 1700. The summed E-state index contributed by atoms with van der Waals surface area (Å²) in [5, 5.41) is 13.3. The Morgan fingerprint density at radius 2 is 1.70 bits per heavy atom. The van der Waals surface area contributed by atoms with Crippen molar-refractivity contribution >= 4 is 72.7 Å². The van der Waals surface area contributed by atoms with Gasteiger partial charge in [0, 0.05) is 10.6 Å². The third-order valence-corrected chi connectivity index (χ3v) is 7.32. The van der Waals surface area contributed by atoms with Gasteiger partial charge >= 0.3 is 0 Å². The lowest BCUT2D eigenvalue weighted by Gasteiger charge is -2.19. The number of carbonyl (C=O) groups excluding carboxylic acids is 1. The highest BCUT2D eigenvalue weighted by molar-refractivity contribution is 7.89. The summed E-state index contributed by atoms with van der Waals surface area (Å²) >= 11 is 11.5. The highest BCUT2D eigenvalue weighted by atomic mass is 35.5. The smallest absolute Gasteiger partial charge is 0.279 e. The molecule has 11 heteroatoms. The minimum atomic E-state index is -3.89. The number of amides is 1. The second kappa shape index (κ2) is 9.56. The minimum absolute atomic E-state index is 0.0787. The molecule has 1 amide bonds. The Kier molecular flexibility index (Phi) is 6.42. The highest BCUT2D eigenvalue weighted by Crippen LogP contribution is 2.35. The number of primary sulfonamides is 1. The molecule has 4 aromatic rings. The van der Waals surface area contributed by atoms with Gasteiger partial charge in [-0.15, -0.1) is 0 Å². The van der Waals surface area contributed by atoms with Gasteiger partial charge in [-0.2, -0.15) is 5.10 Å². The molecule has 0 atom stereocenters. The Morgan fingerprint density at radius 1 is 1.00 bits per heavy atom. The topological polar surface area (TPSA) is 122 Å². The van der Waals surface area contributed by atoms with E-state index in [9.17, 15) is 13.2 Å². The van der Waals surface area contributed by atoms with E-state index < -0.39 is 10.0 Å². The highest BCUT2D eigenvalue weighted by Gasteiger charge is 2.35. The fraction of sp³-hybridized carbons (Fsp3) is 0.0385. The van der Waals surface area contributed by atoms with Crippen molar-refractivity contribution in [3.63, 3.8) is 0 Å². The average molecular weight is 550 g/mol. The van der Waals surface area contributed by atoms with Gasteiger partial charge in [-0.3, -0.25) is 4.79 Å². The molecule has 0 fully saturated rings. The van der Waals surface area contributed by atoms with Crippen molar-refractivity contribution in [2.24, 2.45) is 16.0 Å². The van der Waals surface area contributed by atoms with E-state index in [4.69, 9.17) is 34.7 Å². The number of hydrogen-bond donors (Lipinski definition) is 2. The average Bonchev–Trinajstić information content (AvgIpc) is 3.12. The SMILES string of the molecule is NC(=S)N(/N=C1\C(=O)N(Cc2cccc3ccccc23)c2cc(Cl)ccc21)c1ccc(S(N)(=O)=O)cc1. The van der Waals surface area contributed by atoms with Gasteiger partial charge in [0.15, 0.2) is 10.8 Å². The first-order chi connectivity index (χ1) is 17.6. The van der Waals surface area contributed by atoms with Crippen molar-refractivity contribution in [1.29, 1.82) is 0 Å². The summed E-state index contributed by atoms with van der Waals surface area (Å²) in [4.78, 5) is 15.3. The van der Waals surface area contributed by atoms with Crippen LogP contribution in [0.1, 0.15) is 11.1 Å². The lowest BCUT2D eigenvalue weighted by Crippen LogP contribution is -2.35. The van der Waals surface area contributed by atoms with Gasteiger partial charge in [0.1, 0.15) is 0 Å². The summed E-state index contributed by atoms with van der Waals surface area (Å²) in [6, 6.07) is 24.5. The molecule has 0 spiro atoms. The maximum Gasteiger partial charge on any atom is 0.279 e. The van der Waals surface area contributed by atoms with E-state index in [1.54, 1.807) is 23.1 Å². The molecule has 5 rings (SSSR count). The van der Waals surface area contributed by atoms with Crippen LogP contribution in [0.4, 0.5) is 11.4 Å². The molecule has 0 unspecified atom stereocenters. The van der Waals surface area contributed by atoms with Crippen molar-refractivity contribution in [2.75, 3.05) is 9.91 Å². The van der Waals surface area contributed by atoms with Crippen molar-refractivity contribution < 1.29 is 13.2 Å². The first-order valence-electron chi connectivity index (χ1n) is 11.0. The predicted molar refractivity (Wildman–Crippen MR) is 150 cm³/mol. The summed E-state index contributed by atoms with van der Waals surface area (Å²) in [6.45, 7) is 0.294. The molecule has 0 aliphatic carbocycles. The number of sulfonamides is 1. The summed E-state index contributed by atoms with van der Waals surface area (Å²) < 4.78 is 23.3. The van der Waals surface area contributed by atoms with E-state index >= 15 is 0 Å². The normalized spacial score (nSPS) is 14.3. The third-order valence-electron chi connectivity index (χ3n) is 5.98. The predicted octanol–water partition coefficient (Wildman–Crippen LogP) is 4.14. The largest absolute Gasteiger partial charge is 0.374 e. The zero-order valence-corrected chi connectivity index (χ0v) is 21.6. The Hall–Kier alpha value is -3.83. The molecule has 8 nitrogen and oxygen atoms in total. The first kappa shape index (κ1) is 24.8. The summed E-state index contributed by atoms with van der Waals surface area (Å²) in [5.41, 5.74) is 8.56. The molecule has 4 N–H and O–H groups in total. The summed E-state index contributed by atoms with van der Waals surface area (Å²) in [5.74, 6) is -0.354. The summed E-state index contributed by atoms with van der Waals surface area (Å²) in [7, 11) is -3.89. The number of rotatable bonds is 5. The number of hydrogen-bond acceptors (Lipinski definition) is 5. The molecular weight excluding hydrogens is 530 g/mol. The minimum Gasteiger partial charge on any atom is -0.374 e. The number of anilines is 2. The van der Waals surface area contributed by atoms with Gasteiger partial charge in [-0.05, 0) is 71.0 Å². The number of fused-ring (bicyclic) bond motifs is 2. The van der Waals surface area contributed by atoms with Crippen molar-refractivity contribution in [2.45, 2.75) is 11.4 Å². The van der Waals surface area contributed by atoms with Crippen LogP contribution in [0.3, 0.4) is 0 Å². The van der Waals surface area contributed by atoms with Crippen LogP contribution in [0.5, 0.6) is 0 Å². The molecule has 0 aromatic heterocycles. The van der Waals surface area contributed by atoms with E-state index in [1.807, 2.05) is 42.5 Å². The monoisotopic (exact) mass is 549 g/mol. The molecule has 1 aliphatic rings. The second-order valence-electron chi connectivity index (χ2n) is 8.33. The molecular formula is C26H20ClN5O3S2. The van der Waals surface area contributed by atoms with Crippen LogP contribution in [0.15, 0.2) is 94.9 Å². The molecule has 0 radical (unpaired) electrons. The van der Waals surface area contributed by atoms with Gasteiger partial charge < -0.3 is 10.6 Å². The molecule has 0 saturated carbocycles. The molecule has 0 saturated heterocycles. The van der Waals surface area contributed by atoms with E-state index in [-0.39, 0.29) is 21.6 Å². The number of nitrogens with zero attached hydrogens (tertiary/aromatic N) is 3. The number of halogens is 1. The Balaban J connectivity index is 1.58. The summed E-state index contributed by atoms with van der Waals surface area (Å²) in [6.07, 6.45) is 0. The molecule has 186 valence electrons. The van der Waals surface area contributed by atoms with E-state index in [1.165, 1.54) is 29.3 Å². The van der Waals surface area contributed by atoms with Gasteiger partial charge in [0.25, 0.3) is 5.91 Å². The fourth-order valence-electron chi connectivity index (χ4n) is 4.25. The number of thiocarbonyl (C=S) groups is 1. The fourth-order valence-corrected chi connectivity index (χ4v) is 5.07.